The van der Waals surface area contributed by atoms with Gasteiger partial charge in [-0.05, 0) is 87.8 Å². The molecule has 4 fully saturated rings. The van der Waals surface area contributed by atoms with Crippen LogP contribution in [0.25, 0.3) is 11.1 Å². The van der Waals surface area contributed by atoms with Gasteiger partial charge in [-0.2, -0.15) is 0 Å². The number of hydrogen-bond acceptors (Lipinski definition) is 10. The van der Waals surface area contributed by atoms with Crippen LogP contribution in [0.15, 0.2) is 28.7 Å². The fraction of sp³-hybridized carbons (Fsp3) is 0.725. The smallest absolute Gasteiger partial charge is 0.410 e. The molecular weight excluding hydrogens is 711 g/mol. The minimum absolute atomic E-state index is 0.0347. The normalized spacial score (nSPS) is 25.4. The summed E-state index contributed by atoms with van der Waals surface area (Å²) in [4.78, 5) is 64.0. The molecule has 3 N–H and O–H groups in total. The maximum Gasteiger partial charge on any atom is 0.410 e. The third-order valence-electron chi connectivity index (χ3n) is 12.3. The van der Waals surface area contributed by atoms with Crippen LogP contribution >= 0.6 is 0 Å². The summed E-state index contributed by atoms with van der Waals surface area (Å²) in [7, 11) is -3.77. The number of aromatic nitrogens is 1. The van der Waals surface area contributed by atoms with Crippen LogP contribution in [0.1, 0.15) is 120 Å². The van der Waals surface area contributed by atoms with Crippen molar-refractivity contribution < 1.29 is 36.7 Å². The Morgan fingerprint density at radius 2 is 1.63 bits per heavy atom. The number of para-hydroxylation sites is 2. The van der Waals surface area contributed by atoms with Gasteiger partial charge in [0.05, 0.1) is 18.8 Å². The Balaban J connectivity index is 1.24. The largest absolute Gasteiger partial charge is 0.444 e. The molecular formula is C40H59N5O8S. The molecule has 13 nitrogen and oxygen atoms in total. The van der Waals surface area contributed by atoms with E-state index in [-0.39, 0.29) is 42.8 Å². The molecule has 54 heavy (non-hydrogen) atoms. The number of nitrogens with one attached hydrogen (secondary N) is 1. The summed E-state index contributed by atoms with van der Waals surface area (Å²) in [6.07, 6.45) is 13.2. The number of benzene rings is 1. The predicted octanol–water partition coefficient (Wildman–Crippen LogP) is 5.61. The van der Waals surface area contributed by atoms with Gasteiger partial charge in [0.25, 0.3) is 5.89 Å². The van der Waals surface area contributed by atoms with Gasteiger partial charge in [-0.25, -0.2) is 22.9 Å². The molecule has 14 heteroatoms. The minimum atomic E-state index is -3.77. The van der Waals surface area contributed by atoms with Crippen molar-refractivity contribution in [2.45, 2.75) is 127 Å². The second-order valence-corrected chi connectivity index (χ2v) is 18.2. The fourth-order valence-corrected chi connectivity index (χ4v) is 9.95. The van der Waals surface area contributed by atoms with Gasteiger partial charge >= 0.3 is 6.09 Å². The third kappa shape index (κ3) is 10.7. The van der Waals surface area contributed by atoms with E-state index in [1.807, 2.05) is 6.07 Å². The van der Waals surface area contributed by atoms with Crippen LogP contribution < -0.4 is 10.5 Å². The summed E-state index contributed by atoms with van der Waals surface area (Å²) in [6.45, 7) is 1.77. The van der Waals surface area contributed by atoms with Gasteiger partial charge in [0, 0.05) is 31.8 Å². The van der Waals surface area contributed by atoms with Crippen LogP contribution in [0.2, 0.25) is 0 Å². The number of Topliss-reactive ketones (excluding diaryl/α,β-unsaturated/α-hetero) is 2. The van der Waals surface area contributed by atoms with Gasteiger partial charge in [0.2, 0.25) is 21.7 Å². The highest BCUT2D eigenvalue weighted by Crippen LogP contribution is 2.36. The number of rotatable bonds is 15. The average molecular weight is 770 g/mol. The first-order valence-electron chi connectivity index (χ1n) is 20.3. The predicted molar refractivity (Wildman–Crippen MR) is 204 cm³/mol. The molecule has 2 aliphatic carbocycles. The second kappa shape index (κ2) is 18.5. The molecule has 4 atom stereocenters. The molecule has 1 aromatic heterocycles. The van der Waals surface area contributed by atoms with E-state index in [9.17, 15) is 27.6 Å². The number of nitrogens with two attached hydrogens (primary N) is 1. The number of amides is 2. The maximum absolute atomic E-state index is 14.6. The Morgan fingerprint density at radius 3 is 2.31 bits per heavy atom. The quantitative estimate of drug-likeness (QED) is 0.216. The molecule has 6 rings (SSSR count). The summed E-state index contributed by atoms with van der Waals surface area (Å²) < 4.78 is 39.6. The number of nitrogens with zero attached hydrogens (tertiary/aromatic N) is 3. The molecule has 4 aliphatic rings. The van der Waals surface area contributed by atoms with Crippen molar-refractivity contribution in [3.63, 3.8) is 0 Å². The molecule has 2 aliphatic heterocycles. The summed E-state index contributed by atoms with van der Waals surface area (Å²) in [5.41, 5.74) is 6.99. The lowest BCUT2D eigenvalue weighted by Gasteiger charge is -2.31. The van der Waals surface area contributed by atoms with Crippen LogP contribution in [-0.2, 0) is 24.3 Å². The number of ketones is 2. The van der Waals surface area contributed by atoms with Crippen LogP contribution in [0.3, 0.4) is 0 Å². The van der Waals surface area contributed by atoms with Gasteiger partial charge < -0.3 is 24.7 Å². The lowest BCUT2D eigenvalue weighted by Crippen LogP contribution is -2.52. The van der Waals surface area contributed by atoms with Crippen molar-refractivity contribution >= 4 is 44.7 Å². The first-order valence-corrected chi connectivity index (χ1v) is 22.2. The van der Waals surface area contributed by atoms with Crippen molar-refractivity contribution in [3.8, 4) is 0 Å². The van der Waals surface area contributed by atoms with Crippen LogP contribution in [0.4, 0.5) is 4.79 Å². The molecule has 0 unspecified atom stereocenters. The first kappa shape index (κ1) is 40.3. The molecule has 1 aromatic carbocycles. The number of fused-ring (bicyclic) bond motifs is 1. The number of ether oxygens (including phenoxy) is 1. The molecule has 2 aromatic rings. The molecule has 0 bridgehead atoms. The topological polar surface area (TPSA) is 182 Å². The van der Waals surface area contributed by atoms with Crippen molar-refractivity contribution in [1.82, 2.24) is 19.5 Å². The van der Waals surface area contributed by atoms with Crippen molar-refractivity contribution in [3.05, 3.63) is 30.2 Å². The number of oxazole rings is 1. The Morgan fingerprint density at radius 1 is 0.944 bits per heavy atom. The van der Waals surface area contributed by atoms with Crippen molar-refractivity contribution in [2.75, 3.05) is 32.4 Å². The molecule has 298 valence electrons. The van der Waals surface area contributed by atoms with E-state index < -0.39 is 46.1 Å². The van der Waals surface area contributed by atoms with Gasteiger partial charge in [0.1, 0.15) is 17.7 Å². The lowest BCUT2D eigenvalue weighted by atomic mass is 9.76. The summed E-state index contributed by atoms with van der Waals surface area (Å²) in [6, 6.07) is 5.07. The number of hydrogen-bond donors (Lipinski definition) is 2. The van der Waals surface area contributed by atoms with Crippen LogP contribution in [0, 0.1) is 23.7 Å². The van der Waals surface area contributed by atoms with Gasteiger partial charge in [-0.3, -0.25) is 14.4 Å². The van der Waals surface area contributed by atoms with Crippen LogP contribution in [-0.4, -0.2) is 97.4 Å². The number of piperidine rings is 1. The molecule has 2 saturated carbocycles. The number of sulfonamides is 1. The zero-order chi connectivity index (χ0) is 38.2. The average Bonchev–Trinajstić information content (AvgIpc) is 3.81. The summed E-state index contributed by atoms with van der Waals surface area (Å²) in [5.74, 6) is -0.907. The zero-order valence-electron chi connectivity index (χ0n) is 31.8. The number of likely N-dealkylation sites (tertiary alicyclic amines) is 2. The monoisotopic (exact) mass is 769 g/mol. The highest BCUT2D eigenvalue weighted by atomic mass is 32.2. The Bertz CT molecular complexity index is 1680. The molecule has 2 amide bonds. The van der Waals surface area contributed by atoms with E-state index in [2.05, 4.69) is 9.71 Å². The molecule has 0 radical (unpaired) electrons. The SMILES string of the molecule is CS(=O)(=O)N[C@H](CCC1CCCCC1)C(=O)N1C[C@H](OC(=O)N2CCCCC2)C[C@H]1C(=O)C[C@@H](CC1CCC(CN)CC1)C(=O)c1nc2ccccc2o1. The molecule has 0 spiro atoms. The highest BCUT2D eigenvalue weighted by Gasteiger charge is 2.45. The highest BCUT2D eigenvalue weighted by molar-refractivity contribution is 7.88. The van der Waals surface area contributed by atoms with E-state index >= 15 is 0 Å². The fourth-order valence-electron chi connectivity index (χ4n) is 9.21. The maximum atomic E-state index is 14.6. The van der Waals surface area contributed by atoms with E-state index in [1.54, 1.807) is 23.1 Å². The van der Waals surface area contributed by atoms with Gasteiger partial charge in [-0.15, -0.1) is 0 Å². The van der Waals surface area contributed by atoms with E-state index in [0.29, 0.717) is 61.8 Å². The van der Waals surface area contributed by atoms with Crippen molar-refractivity contribution in [1.29, 1.82) is 0 Å². The molecule has 3 heterocycles. The number of carbonyl (C=O) groups is 4. The van der Waals surface area contributed by atoms with Gasteiger partial charge in [0.15, 0.2) is 11.4 Å². The first-order chi connectivity index (χ1) is 26.0. The second-order valence-electron chi connectivity index (χ2n) is 16.4. The van der Waals surface area contributed by atoms with Crippen LogP contribution in [0.5, 0.6) is 0 Å². The third-order valence-corrected chi connectivity index (χ3v) is 13.0. The zero-order valence-corrected chi connectivity index (χ0v) is 32.6. The summed E-state index contributed by atoms with van der Waals surface area (Å²) in [5, 5.41) is 0. The van der Waals surface area contributed by atoms with Gasteiger partial charge in [-0.1, -0.05) is 57.1 Å². The van der Waals surface area contributed by atoms with Crippen molar-refractivity contribution in [2.24, 2.45) is 29.4 Å². The standard InChI is InChI=1S/C40H59N5O8S/c1-54(50,51)43-33(19-18-27-10-4-2-5-11-27)39(48)45-26-31(52-40(49)44-20-8-3-9-21-44)24-34(45)35(46)23-30(22-28-14-16-29(25-41)17-15-28)37(47)38-42-32-12-6-7-13-36(32)53-38/h6-7,12-13,27-31,33-34,43H,2-5,8-11,14-26,41H2,1H3/t28?,29?,30-,31-,33-,34+/m1/s1. The Kier molecular flexibility index (Phi) is 13.8. The molecule has 2 saturated heterocycles. The Labute approximate surface area is 319 Å². The lowest BCUT2D eigenvalue weighted by molar-refractivity contribution is -0.139. The Hall–Kier alpha value is -3.36. The van der Waals surface area contributed by atoms with E-state index in [0.717, 1.165) is 76.9 Å². The minimum Gasteiger partial charge on any atom is -0.444 e. The van der Waals surface area contributed by atoms with E-state index in [1.165, 1.54) is 11.3 Å². The number of carbonyl (C=O) groups excluding carboxylic acids is 4. The van der Waals surface area contributed by atoms with E-state index in [4.69, 9.17) is 14.9 Å². The summed E-state index contributed by atoms with van der Waals surface area (Å²) >= 11 is 0.